The van der Waals surface area contributed by atoms with Gasteiger partial charge in [-0.2, -0.15) is 0 Å². The fraction of sp³-hybridized carbons (Fsp3) is 0.522. The summed E-state index contributed by atoms with van der Waals surface area (Å²) in [7, 11) is 0. The fourth-order valence-electron chi connectivity index (χ4n) is 5.15. The average molecular weight is 351 g/mol. The molecule has 0 unspecified atom stereocenters. The first-order valence-electron chi connectivity index (χ1n) is 9.87. The van der Waals surface area contributed by atoms with Crippen molar-refractivity contribution < 1.29 is 9.53 Å². The molecule has 1 heterocycles. The first kappa shape index (κ1) is 17.5. The van der Waals surface area contributed by atoms with E-state index in [1.54, 1.807) is 6.92 Å². The Kier molecular flexibility index (Phi) is 4.52. The van der Waals surface area contributed by atoms with Crippen molar-refractivity contribution in [2.45, 2.75) is 64.2 Å². The van der Waals surface area contributed by atoms with E-state index in [2.05, 4.69) is 61.6 Å². The number of carbonyl (C=O) groups is 1. The van der Waals surface area contributed by atoms with Crippen molar-refractivity contribution in [1.82, 2.24) is 5.32 Å². The number of fused-ring (bicyclic) bond motifs is 2. The molecule has 1 N–H and O–H groups in total. The molecule has 2 fully saturated rings. The van der Waals surface area contributed by atoms with Gasteiger partial charge in [-0.3, -0.25) is 4.79 Å². The van der Waals surface area contributed by atoms with Gasteiger partial charge in [0.2, 0.25) is 5.91 Å². The Hall–Kier alpha value is -1.87. The summed E-state index contributed by atoms with van der Waals surface area (Å²) in [5, 5.41) is 5.79. The monoisotopic (exact) mass is 351 g/mol. The van der Waals surface area contributed by atoms with E-state index >= 15 is 0 Å². The van der Waals surface area contributed by atoms with Crippen molar-refractivity contribution in [3.8, 4) is 0 Å². The molecule has 1 aliphatic heterocycles. The molecule has 1 aliphatic carbocycles. The van der Waals surface area contributed by atoms with Crippen molar-refractivity contribution in [3.63, 3.8) is 0 Å². The molecule has 3 nitrogen and oxygen atoms in total. The Morgan fingerprint density at radius 3 is 2.69 bits per heavy atom. The SMILES string of the molecule is CC(=O)N[C@@]1(C)C[C@H](c2ccc3ccccc3c2)O[C@@H]2C[C@H](C)CC[C@H]21. The summed E-state index contributed by atoms with van der Waals surface area (Å²) in [4.78, 5) is 11.9. The van der Waals surface area contributed by atoms with Gasteiger partial charge < -0.3 is 10.1 Å². The zero-order valence-electron chi connectivity index (χ0n) is 16.0. The largest absolute Gasteiger partial charge is 0.370 e. The molecular weight excluding hydrogens is 322 g/mol. The van der Waals surface area contributed by atoms with E-state index < -0.39 is 0 Å². The number of rotatable bonds is 2. The molecule has 4 rings (SSSR count). The molecule has 2 aromatic rings. The lowest BCUT2D eigenvalue weighted by Crippen LogP contribution is -2.60. The number of amides is 1. The van der Waals surface area contributed by atoms with Gasteiger partial charge in [-0.15, -0.1) is 0 Å². The van der Waals surface area contributed by atoms with Gasteiger partial charge >= 0.3 is 0 Å². The Balaban J connectivity index is 1.68. The fourth-order valence-corrected chi connectivity index (χ4v) is 5.15. The van der Waals surface area contributed by atoms with E-state index in [9.17, 15) is 4.79 Å². The van der Waals surface area contributed by atoms with Crippen molar-refractivity contribution in [2.75, 3.05) is 0 Å². The molecule has 26 heavy (non-hydrogen) atoms. The van der Waals surface area contributed by atoms with Crippen LogP contribution in [0.15, 0.2) is 42.5 Å². The summed E-state index contributed by atoms with van der Waals surface area (Å²) in [6, 6.07) is 15.1. The molecule has 0 bridgehead atoms. The summed E-state index contributed by atoms with van der Waals surface area (Å²) in [6.45, 7) is 6.17. The predicted octanol–water partition coefficient (Wildman–Crippen LogP) is 5.00. The summed E-state index contributed by atoms with van der Waals surface area (Å²) in [6.07, 6.45) is 4.53. The Bertz CT molecular complexity index is 817. The third kappa shape index (κ3) is 3.25. The third-order valence-corrected chi connectivity index (χ3v) is 6.43. The summed E-state index contributed by atoms with van der Waals surface area (Å²) in [5.74, 6) is 1.15. The number of carbonyl (C=O) groups excluding carboxylic acids is 1. The summed E-state index contributed by atoms with van der Waals surface area (Å²) < 4.78 is 6.62. The van der Waals surface area contributed by atoms with Crippen molar-refractivity contribution in [2.24, 2.45) is 11.8 Å². The molecule has 1 saturated carbocycles. The van der Waals surface area contributed by atoms with Crippen LogP contribution in [-0.2, 0) is 9.53 Å². The van der Waals surface area contributed by atoms with Gasteiger partial charge in [-0.25, -0.2) is 0 Å². The highest BCUT2D eigenvalue weighted by Gasteiger charge is 2.49. The van der Waals surface area contributed by atoms with E-state index in [-0.39, 0.29) is 23.7 Å². The third-order valence-electron chi connectivity index (χ3n) is 6.43. The first-order valence-corrected chi connectivity index (χ1v) is 9.87. The Labute approximate surface area is 156 Å². The second-order valence-electron chi connectivity index (χ2n) is 8.60. The maximum atomic E-state index is 11.9. The lowest BCUT2D eigenvalue weighted by Gasteiger charge is -2.52. The van der Waals surface area contributed by atoms with Crippen LogP contribution in [0, 0.1) is 11.8 Å². The average Bonchev–Trinajstić information content (AvgIpc) is 2.60. The van der Waals surface area contributed by atoms with Gasteiger partial charge in [0.1, 0.15) is 0 Å². The van der Waals surface area contributed by atoms with Gasteiger partial charge in [0, 0.05) is 24.8 Å². The van der Waals surface area contributed by atoms with Gasteiger partial charge in [0.25, 0.3) is 0 Å². The lowest BCUT2D eigenvalue weighted by molar-refractivity contribution is -0.153. The molecule has 0 aromatic heterocycles. The topological polar surface area (TPSA) is 38.3 Å². The van der Waals surface area contributed by atoms with E-state index in [4.69, 9.17) is 4.74 Å². The second-order valence-corrected chi connectivity index (χ2v) is 8.60. The lowest BCUT2D eigenvalue weighted by atomic mass is 9.66. The van der Waals surface area contributed by atoms with Crippen molar-refractivity contribution >= 4 is 16.7 Å². The Morgan fingerprint density at radius 1 is 1.15 bits per heavy atom. The predicted molar refractivity (Wildman–Crippen MR) is 105 cm³/mol. The maximum absolute atomic E-state index is 11.9. The smallest absolute Gasteiger partial charge is 0.217 e. The Morgan fingerprint density at radius 2 is 1.92 bits per heavy atom. The highest BCUT2D eigenvalue weighted by Crippen LogP contribution is 2.48. The molecule has 0 spiro atoms. The van der Waals surface area contributed by atoms with E-state index in [0.29, 0.717) is 11.8 Å². The van der Waals surface area contributed by atoms with Crippen molar-refractivity contribution in [1.29, 1.82) is 0 Å². The van der Waals surface area contributed by atoms with E-state index in [1.807, 2.05) is 0 Å². The van der Waals surface area contributed by atoms with Gasteiger partial charge in [-0.05, 0) is 48.1 Å². The number of ether oxygens (including phenoxy) is 1. The molecule has 2 aliphatic rings. The highest BCUT2D eigenvalue weighted by molar-refractivity contribution is 5.83. The molecule has 5 atom stereocenters. The minimum absolute atomic E-state index is 0.0306. The number of hydrogen-bond donors (Lipinski definition) is 1. The van der Waals surface area contributed by atoms with Crippen LogP contribution in [-0.4, -0.2) is 17.6 Å². The van der Waals surface area contributed by atoms with Crippen LogP contribution in [0.25, 0.3) is 10.8 Å². The first-order chi connectivity index (χ1) is 12.4. The van der Waals surface area contributed by atoms with Crippen LogP contribution < -0.4 is 5.32 Å². The number of hydrogen-bond acceptors (Lipinski definition) is 2. The molecule has 3 heteroatoms. The minimum atomic E-state index is -0.203. The van der Waals surface area contributed by atoms with Crippen LogP contribution in [0.5, 0.6) is 0 Å². The van der Waals surface area contributed by atoms with Crippen LogP contribution in [0.3, 0.4) is 0 Å². The van der Waals surface area contributed by atoms with Crippen LogP contribution in [0.1, 0.15) is 58.1 Å². The number of nitrogens with one attached hydrogen (secondary N) is 1. The van der Waals surface area contributed by atoms with Gasteiger partial charge in [-0.1, -0.05) is 49.7 Å². The molecule has 1 saturated heterocycles. The zero-order chi connectivity index (χ0) is 18.3. The highest BCUT2D eigenvalue weighted by atomic mass is 16.5. The maximum Gasteiger partial charge on any atom is 0.217 e. The van der Waals surface area contributed by atoms with Crippen LogP contribution >= 0.6 is 0 Å². The van der Waals surface area contributed by atoms with E-state index in [0.717, 1.165) is 19.3 Å². The summed E-state index contributed by atoms with van der Waals surface area (Å²) in [5.41, 5.74) is 1.02. The second kappa shape index (κ2) is 6.70. The van der Waals surface area contributed by atoms with Gasteiger partial charge in [0.15, 0.2) is 0 Å². The molecule has 0 radical (unpaired) electrons. The van der Waals surface area contributed by atoms with Crippen LogP contribution in [0.4, 0.5) is 0 Å². The van der Waals surface area contributed by atoms with Crippen molar-refractivity contribution in [3.05, 3.63) is 48.0 Å². The molecule has 1 amide bonds. The quantitative estimate of drug-likeness (QED) is 0.827. The molecular formula is C23H29NO2. The summed E-state index contributed by atoms with van der Waals surface area (Å²) >= 11 is 0. The zero-order valence-corrected chi connectivity index (χ0v) is 16.0. The number of benzene rings is 2. The molecule has 138 valence electrons. The minimum Gasteiger partial charge on any atom is -0.370 e. The van der Waals surface area contributed by atoms with Crippen LogP contribution in [0.2, 0.25) is 0 Å². The standard InChI is InChI=1S/C23H29NO2/c1-15-8-11-20-21(12-15)26-22(14-23(20,3)24-16(2)25)19-10-9-17-6-4-5-7-18(17)13-19/h4-7,9-10,13,15,20-22H,8,11-12,14H2,1-3H3,(H,24,25)/t15-,20-,21-,22-,23+/m1/s1. The normalized spacial score (nSPS) is 34.3. The van der Waals surface area contributed by atoms with Gasteiger partial charge in [0.05, 0.1) is 12.2 Å². The van der Waals surface area contributed by atoms with E-state index in [1.165, 1.54) is 22.8 Å². The molecule has 2 aromatic carbocycles.